The molecular formula is C10H15N3O2S. The zero-order valence-electron chi connectivity index (χ0n) is 8.94. The highest BCUT2D eigenvalue weighted by atomic mass is 32.1. The molecule has 5 nitrogen and oxygen atoms in total. The van der Waals surface area contributed by atoms with Gasteiger partial charge in [-0.15, -0.1) is 0 Å². The number of nitrogens with one attached hydrogen (secondary N) is 1. The molecule has 2 amide bonds. The number of amides is 2. The molecule has 2 heterocycles. The van der Waals surface area contributed by atoms with Gasteiger partial charge in [0, 0.05) is 13.1 Å². The van der Waals surface area contributed by atoms with Gasteiger partial charge in [-0.25, -0.2) is 0 Å². The highest BCUT2D eigenvalue weighted by molar-refractivity contribution is 7.80. The number of piperidine rings is 1. The SMILES string of the molecule is NC(=S)CC(=O)N1CCCC2C(=O)NCC21. The normalized spacial score (nSPS) is 28.5. The molecule has 6 heteroatoms. The van der Waals surface area contributed by atoms with Crippen LogP contribution in [0.1, 0.15) is 19.3 Å². The van der Waals surface area contributed by atoms with Crippen molar-refractivity contribution in [2.45, 2.75) is 25.3 Å². The van der Waals surface area contributed by atoms with Crippen LogP contribution >= 0.6 is 12.2 Å². The van der Waals surface area contributed by atoms with E-state index >= 15 is 0 Å². The van der Waals surface area contributed by atoms with Crippen molar-refractivity contribution >= 4 is 29.0 Å². The molecule has 0 bridgehead atoms. The summed E-state index contributed by atoms with van der Waals surface area (Å²) in [5, 5.41) is 2.80. The number of thiocarbonyl (C=S) groups is 1. The van der Waals surface area contributed by atoms with E-state index in [4.69, 9.17) is 18.0 Å². The Balaban J connectivity index is 2.07. The fourth-order valence-corrected chi connectivity index (χ4v) is 2.64. The van der Waals surface area contributed by atoms with Gasteiger partial charge in [0.25, 0.3) is 0 Å². The Labute approximate surface area is 99.3 Å². The Morgan fingerprint density at radius 3 is 3.06 bits per heavy atom. The highest BCUT2D eigenvalue weighted by Crippen LogP contribution is 2.27. The second-order valence-corrected chi connectivity index (χ2v) is 4.82. The van der Waals surface area contributed by atoms with Crippen LogP contribution in [0.4, 0.5) is 0 Å². The van der Waals surface area contributed by atoms with Gasteiger partial charge in [-0.2, -0.15) is 0 Å². The third-order valence-electron chi connectivity index (χ3n) is 3.25. The summed E-state index contributed by atoms with van der Waals surface area (Å²) in [7, 11) is 0. The Morgan fingerprint density at radius 1 is 1.62 bits per heavy atom. The summed E-state index contributed by atoms with van der Waals surface area (Å²) >= 11 is 4.73. The number of hydrogen-bond donors (Lipinski definition) is 2. The Hall–Kier alpha value is -1.17. The van der Waals surface area contributed by atoms with Crippen LogP contribution in [0.2, 0.25) is 0 Å². The maximum Gasteiger partial charge on any atom is 0.229 e. The van der Waals surface area contributed by atoms with Crippen LogP contribution in [0.3, 0.4) is 0 Å². The second kappa shape index (κ2) is 4.37. The summed E-state index contributed by atoms with van der Waals surface area (Å²) in [4.78, 5) is 25.3. The Bertz CT molecular complexity index is 345. The highest BCUT2D eigenvalue weighted by Gasteiger charge is 2.42. The Morgan fingerprint density at radius 2 is 2.38 bits per heavy atom. The number of likely N-dealkylation sites (tertiary alicyclic amines) is 1. The lowest BCUT2D eigenvalue weighted by Gasteiger charge is -2.35. The van der Waals surface area contributed by atoms with Gasteiger partial charge >= 0.3 is 0 Å². The maximum absolute atomic E-state index is 11.9. The van der Waals surface area contributed by atoms with Crippen molar-refractivity contribution in [2.24, 2.45) is 11.7 Å². The zero-order valence-corrected chi connectivity index (χ0v) is 9.76. The van der Waals surface area contributed by atoms with E-state index in [1.165, 1.54) is 0 Å². The number of hydrogen-bond acceptors (Lipinski definition) is 3. The maximum atomic E-state index is 11.9. The van der Waals surface area contributed by atoms with Gasteiger partial charge < -0.3 is 16.0 Å². The van der Waals surface area contributed by atoms with Gasteiger partial charge in [0.2, 0.25) is 11.8 Å². The molecule has 0 aromatic heterocycles. The van der Waals surface area contributed by atoms with Gasteiger partial charge in [0.15, 0.2) is 0 Å². The van der Waals surface area contributed by atoms with Gasteiger partial charge in [-0.3, -0.25) is 9.59 Å². The fraction of sp³-hybridized carbons (Fsp3) is 0.700. The molecule has 2 atom stereocenters. The van der Waals surface area contributed by atoms with Crippen molar-refractivity contribution in [3.8, 4) is 0 Å². The molecule has 2 aliphatic rings. The number of carbonyl (C=O) groups is 2. The van der Waals surface area contributed by atoms with Crippen molar-refractivity contribution in [1.29, 1.82) is 0 Å². The summed E-state index contributed by atoms with van der Waals surface area (Å²) in [6.45, 7) is 1.27. The molecule has 2 saturated heterocycles. The second-order valence-electron chi connectivity index (χ2n) is 4.29. The summed E-state index contributed by atoms with van der Waals surface area (Å²) < 4.78 is 0. The lowest BCUT2D eigenvalue weighted by molar-refractivity contribution is -0.135. The quantitative estimate of drug-likeness (QED) is 0.633. The van der Waals surface area contributed by atoms with Crippen LogP contribution in [0.25, 0.3) is 0 Å². The van der Waals surface area contributed by atoms with E-state index in [1.807, 2.05) is 0 Å². The van der Waals surface area contributed by atoms with Crippen molar-refractivity contribution in [2.75, 3.05) is 13.1 Å². The molecule has 0 aromatic carbocycles. The van der Waals surface area contributed by atoms with E-state index < -0.39 is 0 Å². The van der Waals surface area contributed by atoms with Crippen LogP contribution in [0.5, 0.6) is 0 Å². The number of carbonyl (C=O) groups excluding carboxylic acids is 2. The summed E-state index contributed by atoms with van der Waals surface area (Å²) in [6.07, 6.45) is 1.84. The van der Waals surface area contributed by atoms with E-state index in [-0.39, 0.29) is 35.2 Å². The average Bonchev–Trinajstić information content (AvgIpc) is 2.59. The first-order chi connectivity index (χ1) is 7.59. The number of fused-ring (bicyclic) bond motifs is 1. The van der Waals surface area contributed by atoms with Gasteiger partial charge in [-0.1, -0.05) is 12.2 Å². The first-order valence-electron chi connectivity index (χ1n) is 5.45. The minimum atomic E-state index is -0.0568. The molecular weight excluding hydrogens is 226 g/mol. The van der Waals surface area contributed by atoms with E-state index in [1.54, 1.807) is 4.90 Å². The molecule has 0 spiro atoms. The molecule has 2 fully saturated rings. The van der Waals surface area contributed by atoms with Gasteiger partial charge in [-0.05, 0) is 12.8 Å². The van der Waals surface area contributed by atoms with E-state index in [2.05, 4.69) is 5.32 Å². The number of nitrogens with zero attached hydrogens (tertiary/aromatic N) is 1. The minimum absolute atomic E-state index is 0.00287. The lowest BCUT2D eigenvalue weighted by atomic mass is 9.91. The van der Waals surface area contributed by atoms with E-state index in [0.29, 0.717) is 13.1 Å². The Kier molecular flexibility index (Phi) is 3.09. The third-order valence-corrected chi connectivity index (χ3v) is 3.39. The topological polar surface area (TPSA) is 75.4 Å². The van der Waals surface area contributed by atoms with Gasteiger partial charge in [0.1, 0.15) is 0 Å². The smallest absolute Gasteiger partial charge is 0.229 e. The van der Waals surface area contributed by atoms with Crippen molar-refractivity contribution < 1.29 is 9.59 Å². The molecule has 0 radical (unpaired) electrons. The van der Waals surface area contributed by atoms with Crippen LogP contribution in [-0.4, -0.2) is 40.8 Å². The molecule has 88 valence electrons. The van der Waals surface area contributed by atoms with Crippen molar-refractivity contribution in [3.05, 3.63) is 0 Å². The number of rotatable bonds is 2. The van der Waals surface area contributed by atoms with Crippen molar-refractivity contribution in [3.63, 3.8) is 0 Å². The lowest BCUT2D eigenvalue weighted by Crippen LogP contribution is -2.49. The first-order valence-corrected chi connectivity index (χ1v) is 5.86. The van der Waals surface area contributed by atoms with Crippen LogP contribution < -0.4 is 11.1 Å². The largest absolute Gasteiger partial charge is 0.393 e. The predicted molar refractivity (Wildman–Crippen MR) is 62.6 cm³/mol. The fourth-order valence-electron chi connectivity index (χ4n) is 2.51. The molecule has 0 aliphatic carbocycles. The first kappa shape index (κ1) is 11.3. The van der Waals surface area contributed by atoms with Crippen LogP contribution in [0, 0.1) is 5.92 Å². The predicted octanol–water partition coefficient (Wildman–Crippen LogP) is -0.600. The standard InChI is InChI=1S/C10H15N3O2S/c11-8(16)4-9(14)13-3-1-2-6-7(13)5-12-10(6)15/h6-7H,1-5H2,(H2,11,16)(H,12,15). The number of nitrogens with two attached hydrogens (primary N) is 1. The molecule has 3 N–H and O–H groups in total. The van der Waals surface area contributed by atoms with Gasteiger partial charge in [0.05, 0.1) is 23.4 Å². The third kappa shape index (κ3) is 2.02. The minimum Gasteiger partial charge on any atom is -0.393 e. The summed E-state index contributed by atoms with van der Waals surface area (Å²) in [6, 6.07) is 0.00287. The van der Waals surface area contributed by atoms with E-state index in [9.17, 15) is 9.59 Å². The molecule has 16 heavy (non-hydrogen) atoms. The molecule has 2 unspecified atom stereocenters. The van der Waals surface area contributed by atoms with Crippen molar-refractivity contribution in [1.82, 2.24) is 10.2 Å². The molecule has 2 aliphatic heterocycles. The van der Waals surface area contributed by atoms with Crippen LogP contribution in [-0.2, 0) is 9.59 Å². The molecule has 0 saturated carbocycles. The molecule has 2 rings (SSSR count). The van der Waals surface area contributed by atoms with E-state index in [0.717, 1.165) is 12.8 Å². The van der Waals surface area contributed by atoms with Crippen LogP contribution in [0.15, 0.2) is 0 Å². The average molecular weight is 241 g/mol. The summed E-state index contributed by atoms with van der Waals surface area (Å²) in [5.74, 6) is -0.0272. The summed E-state index contributed by atoms with van der Waals surface area (Å²) in [5.41, 5.74) is 5.37. The monoisotopic (exact) mass is 241 g/mol. The zero-order chi connectivity index (χ0) is 11.7. The molecule has 0 aromatic rings.